The molecule has 8 heteroatoms. The van der Waals surface area contributed by atoms with E-state index in [0.717, 1.165) is 29.1 Å². The SMILES string of the molecule is CCn1c(Cn2ccnc2-c2cccc(C(F)(F)F)c2)nc2cccnc21. The summed E-state index contributed by atoms with van der Waals surface area (Å²) >= 11 is 0. The molecule has 0 aliphatic carbocycles. The second-order valence-electron chi connectivity index (χ2n) is 6.08. The quantitative estimate of drug-likeness (QED) is 0.535. The molecule has 0 bridgehead atoms. The Morgan fingerprint density at radius 2 is 1.89 bits per heavy atom. The van der Waals surface area contributed by atoms with Gasteiger partial charge in [0, 0.05) is 30.7 Å². The summed E-state index contributed by atoms with van der Waals surface area (Å²) in [4.78, 5) is 13.3. The summed E-state index contributed by atoms with van der Waals surface area (Å²) in [6, 6.07) is 8.90. The van der Waals surface area contributed by atoms with Gasteiger partial charge in [0.1, 0.15) is 17.2 Å². The molecule has 3 aromatic heterocycles. The molecule has 138 valence electrons. The van der Waals surface area contributed by atoms with Crippen molar-refractivity contribution in [3.63, 3.8) is 0 Å². The highest BCUT2D eigenvalue weighted by molar-refractivity contribution is 5.71. The molecule has 0 amide bonds. The second kappa shape index (κ2) is 6.53. The summed E-state index contributed by atoms with van der Waals surface area (Å²) in [5, 5.41) is 0. The standard InChI is InChI=1S/C19H16F3N5/c1-2-27-16(25-15-7-4-8-23-18(15)27)12-26-10-9-24-17(26)13-5-3-6-14(11-13)19(20,21)22/h3-11H,2,12H2,1H3. The van der Waals surface area contributed by atoms with Crippen molar-refractivity contribution in [3.05, 3.63) is 66.4 Å². The lowest BCUT2D eigenvalue weighted by atomic mass is 10.1. The van der Waals surface area contributed by atoms with E-state index < -0.39 is 11.7 Å². The largest absolute Gasteiger partial charge is 0.416 e. The maximum Gasteiger partial charge on any atom is 0.416 e. The van der Waals surface area contributed by atoms with Crippen molar-refractivity contribution in [1.29, 1.82) is 0 Å². The molecule has 1 aromatic carbocycles. The van der Waals surface area contributed by atoms with Crippen LogP contribution >= 0.6 is 0 Å². The smallest absolute Gasteiger partial charge is 0.323 e. The van der Waals surface area contributed by atoms with E-state index in [9.17, 15) is 13.2 Å². The number of pyridine rings is 1. The molecule has 5 nitrogen and oxygen atoms in total. The van der Waals surface area contributed by atoms with Crippen LogP contribution in [0.4, 0.5) is 13.2 Å². The third kappa shape index (κ3) is 3.18. The summed E-state index contributed by atoms with van der Waals surface area (Å²) < 4.78 is 42.9. The minimum absolute atomic E-state index is 0.385. The monoisotopic (exact) mass is 371 g/mol. The second-order valence-corrected chi connectivity index (χ2v) is 6.08. The summed E-state index contributed by atoms with van der Waals surface area (Å²) in [6.45, 7) is 3.08. The number of alkyl halides is 3. The van der Waals surface area contributed by atoms with Crippen LogP contribution in [0.25, 0.3) is 22.6 Å². The van der Waals surface area contributed by atoms with Crippen molar-refractivity contribution < 1.29 is 13.2 Å². The van der Waals surface area contributed by atoms with E-state index in [-0.39, 0.29) is 0 Å². The highest BCUT2D eigenvalue weighted by Crippen LogP contribution is 2.32. The fraction of sp³-hybridized carbons (Fsp3) is 0.211. The maximum absolute atomic E-state index is 13.0. The van der Waals surface area contributed by atoms with E-state index in [0.29, 0.717) is 24.5 Å². The zero-order valence-corrected chi connectivity index (χ0v) is 14.5. The van der Waals surface area contributed by atoms with Gasteiger partial charge in [0.2, 0.25) is 0 Å². The molecular formula is C19H16F3N5. The zero-order valence-electron chi connectivity index (χ0n) is 14.5. The Bertz CT molecular complexity index is 1090. The molecule has 0 saturated heterocycles. The number of benzene rings is 1. The first-order valence-electron chi connectivity index (χ1n) is 8.46. The van der Waals surface area contributed by atoms with E-state index in [2.05, 4.69) is 15.0 Å². The number of nitrogens with zero attached hydrogens (tertiary/aromatic N) is 5. The van der Waals surface area contributed by atoms with Crippen LogP contribution in [0, 0.1) is 0 Å². The number of halogens is 3. The summed E-state index contributed by atoms with van der Waals surface area (Å²) in [6.07, 6.45) is 0.635. The number of imidazole rings is 2. The van der Waals surface area contributed by atoms with Crippen LogP contribution in [0.2, 0.25) is 0 Å². The lowest BCUT2D eigenvalue weighted by Crippen LogP contribution is -2.09. The van der Waals surface area contributed by atoms with Gasteiger partial charge in [0.25, 0.3) is 0 Å². The van der Waals surface area contributed by atoms with Gasteiger partial charge in [0.05, 0.1) is 12.1 Å². The molecule has 0 atom stereocenters. The van der Waals surface area contributed by atoms with Gasteiger partial charge < -0.3 is 9.13 Å². The fourth-order valence-electron chi connectivity index (χ4n) is 3.14. The van der Waals surface area contributed by atoms with Gasteiger partial charge in [-0.05, 0) is 31.2 Å². The molecule has 4 aromatic rings. The van der Waals surface area contributed by atoms with Crippen molar-refractivity contribution in [2.75, 3.05) is 0 Å². The van der Waals surface area contributed by atoms with E-state index in [1.807, 2.05) is 23.6 Å². The first-order chi connectivity index (χ1) is 13.0. The highest BCUT2D eigenvalue weighted by atomic mass is 19.4. The summed E-state index contributed by atoms with van der Waals surface area (Å²) in [7, 11) is 0. The molecule has 0 N–H and O–H groups in total. The van der Waals surface area contributed by atoms with Crippen LogP contribution in [0.3, 0.4) is 0 Å². The van der Waals surface area contributed by atoms with Crippen LogP contribution in [0.1, 0.15) is 18.3 Å². The predicted molar refractivity (Wildman–Crippen MR) is 95.0 cm³/mol. The van der Waals surface area contributed by atoms with Crippen LogP contribution in [-0.2, 0) is 19.3 Å². The van der Waals surface area contributed by atoms with Gasteiger partial charge in [0.15, 0.2) is 5.65 Å². The summed E-state index contributed by atoms with van der Waals surface area (Å²) in [5.74, 6) is 1.24. The average Bonchev–Trinajstić information content (AvgIpc) is 3.25. The molecule has 4 rings (SSSR count). The van der Waals surface area contributed by atoms with Gasteiger partial charge in [-0.25, -0.2) is 15.0 Å². The minimum atomic E-state index is -4.39. The molecular weight excluding hydrogens is 355 g/mol. The Morgan fingerprint density at radius 3 is 2.67 bits per heavy atom. The predicted octanol–water partition coefficient (Wildman–Crippen LogP) is 4.38. The Labute approximate surface area is 153 Å². The molecule has 0 spiro atoms. The molecule has 27 heavy (non-hydrogen) atoms. The van der Waals surface area contributed by atoms with E-state index >= 15 is 0 Å². The zero-order chi connectivity index (χ0) is 19.0. The van der Waals surface area contributed by atoms with Gasteiger partial charge in [-0.2, -0.15) is 13.2 Å². The Balaban J connectivity index is 1.74. The van der Waals surface area contributed by atoms with Crippen molar-refractivity contribution in [2.24, 2.45) is 0 Å². The van der Waals surface area contributed by atoms with Gasteiger partial charge in [-0.1, -0.05) is 12.1 Å². The van der Waals surface area contributed by atoms with E-state index in [1.165, 1.54) is 6.07 Å². The van der Waals surface area contributed by atoms with Gasteiger partial charge >= 0.3 is 6.18 Å². The fourth-order valence-corrected chi connectivity index (χ4v) is 3.14. The molecule has 0 radical (unpaired) electrons. The minimum Gasteiger partial charge on any atom is -0.323 e. The Kier molecular flexibility index (Phi) is 4.18. The van der Waals surface area contributed by atoms with Crippen molar-refractivity contribution in [2.45, 2.75) is 26.2 Å². The lowest BCUT2D eigenvalue weighted by Gasteiger charge is -2.11. The molecule has 0 fully saturated rings. The first kappa shape index (κ1) is 17.3. The number of aryl methyl sites for hydroxylation is 1. The third-order valence-corrected chi connectivity index (χ3v) is 4.37. The van der Waals surface area contributed by atoms with Crippen LogP contribution in [0.15, 0.2) is 55.0 Å². The normalized spacial score (nSPS) is 12.0. The van der Waals surface area contributed by atoms with Crippen LogP contribution in [-0.4, -0.2) is 24.1 Å². The molecule has 0 saturated carbocycles. The summed E-state index contributed by atoms with van der Waals surface area (Å²) in [5.41, 5.74) is 1.29. The molecule has 3 heterocycles. The number of hydrogen-bond donors (Lipinski definition) is 0. The number of hydrogen-bond acceptors (Lipinski definition) is 3. The first-order valence-corrected chi connectivity index (χ1v) is 8.46. The average molecular weight is 371 g/mol. The molecule has 0 aliphatic rings. The number of fused-ring (bicyclic) bond motifs is 1. The van der Waals surface area contributed by atoms with E-state index in [1.54, 1.807) is 29.2 Å². The van der Waals surface area contributed by atoms with Gasteiger partial charge in [-0.15, -0.1) is 0 Å². The lowest BCUT2D eigenvalue weighted by molar-refractivity contribution is -0.137. The number of rotatable bonds is 4. The van der Waals surface area contributed by atoms with Crippen molar-refractivity contribution >= 4 is 11.2 Å². The maximum atomic E-state index is 13.0. The van der Waals surface area contributed by atoms with Crippen molar-refractivity contribution in [3.8, 4) is 11.4 Å². The molecule has 0 aliphatic heterocycles. The highest BCUT2D eigenvalue weighted by Gasteiger charge is 2.30. The Morgan fingerprint density at radius 1 is 1.04 bits per heavy atom. The van der Waals surface area contributed by atoms with E-state index in [4.69, 9.17) is 0 Å². The number of aromatic nitrogens is 5. The molecule has 0 unspecified atom stereocenters. The van der Waals surface area contributed by atoms with Crippen LogP contribution in [0.5, 0.6) is 0 Å². The third-order valence-electron chi connectivity index (χ3n) is 4.37. The van der Waals surface area contributed by atoms with Crippen molar-refractivity contribution in [1.82, 2.24) is 24.1 Å². The van der Waals surface area contributed by atoms with Crippen LogP contribution < -0.4 is 0 Å². The Hall–Kier alpha value is -3.16. The van der Waals surface area contributed by atoms with Gasteiger partial charge in [-0.3, -0.25) is 0 Å². The topological polar surface area (TPSA) is 48.5 Å².